The second-order valence-electron chi connectivity index (χ2n) is 8.43. The fourth-order valence-corrected chi connectivity index (χ4v) is 4.88. The Morgan fingerprint density at radius 2 is 1.92 bits per heavy atom. The molecule has 11 heteroatoms. The Balaban J connectivity index is 1.50. The molecular formula is C26H21FN6O3S. The van der Waals surface area contributed by atoms with Crippen LogP contribution in [-0.2, 0) is 27.4 Å². The average Bonchev–Trinajstić information content (AvgIpc) is 3.51. The van der Waals surface area contributed by atoms with E-state index in [2.05, 4.69) is 15.0 Å². The summed E-state index contributed by atoms with van der Waals surface area (Å²) in [5, 5.41) is 9.34. The van der Waals surface area contributed by atoms with Gasteiger partial charge in [0.25, 0.3) is 10.1 Å². The van der Waals surface area contributed by atoms with E-state index in [-0.39, 0.29) is 23.6 Å². The Kier molecular flexibility index (Phi) is 6.52. The van der Waals surface area contributed by atoms with Gasteiger partial charge in [-0.2, -0.15) is 13.7 Å². The molecule has 2 aromatic carbocycles. The van der Waals surface area contributed by atoms with Crippen molar-refractivity contribution in [3.8, 4) is 17.5 Å². The van der Waals surface area contributed by atoms with E-state index in [1.54, 1.807) is 41.6 Å². The van der Waals surface area contributed by atoms with E-state index in [1.165, 1.54) is 24.3 Å². The molecule has 5 rings (SSSR count). The van der Waals surface area contributed by atoms with Crippen LogP contribution >= 0.6 is 0 Å². The molecule has 0 N–H and O–H groups in total. The first kappa shape index (κ1) is 24.3. The molecule has 0 bridgehead atoms. The van der Waals surface area contributed by atoms with Gasteiger partial charge < -0.3 is 9.13 Å². The zero-order chi connectivity index (χ0) is 26.0. The minimum Gasteiger partial charge on any atom is -0.333 e. The third-order valence-electron chi connectivity index (χ3n) is 5.80. The smallest absolute Gasteiger partial charge is 0.297 e. The number of aryl methyl sites for hydroxylation is 1. The lowest BCUT2D eigenvalue weighted by atomic mass is 10.2. The number of imidazole rings is 2. The van der Waals surface area contributed by atoms with Gasteiger partial charge in [0.2, 0.25) is 0 Å². The number of pyridine rings is 1. The molecule has 186 valence electrons. The van der Waals surface area contributed by atoms with Crippen LogP contribution in [0, 0.1) is 24.1 Å². The molecule has 0 aliphatic carbocycles. The minimum absolute atomic E-state index is 0.0547. The van der Waals surface area contributed by atoms with Crippen molar-refractivity contribution in [2.75, 3.05) is 6.61 Å². The highest BCUT2D eigenvalue weighted by Crippen LogP contribution is 2.27. The first-order valence-electron chi connectivity index (χ1n) is 11.3. The third-order valence-corrected chi connectivity index (χ3v) is 7.12. The highest BCUT2D eigenvalue weighted by Gasteiger charge is 2.19. The number of nitrogens with zero attached hydrogens (tertiary/aromatic N) is 6. The third kappa shape index (κ3) is 5.11. The number of fused-ring (bicyclic) bond motifs is 1. The average molecular weight is 517 g/mol. The van der Waals surface area contributed by atoms with Gasteiger partial charge in [-0.1, -0.05) is 17.7 Å². The predicted octanol–water partition coefficient (Wildman–Crippen LogP) is 4.07. The topological polar surface area (TPSA) is 116 Å². The number of nitriles is 1. The van der Waals surface area contributed by atoms with Crippen molar-refractivity contribution in [2.24, 2.45) is 0 Å². The van der Waals surface area contributed by atoms with Gasteiger partial charge in [-0.05, 0) is 36.8 Å². The molecule has 0 atom stereocenters. The van der Waals surface area contributed by atoms with E-state index < -0.39 is 15.9 Å². The summed E-state index contributed by atoms with van der Waals surface area (Å²) >= 11 is 0. The SMILES string of the molecule is Cc1ccc(S(=O)(=O)OCCn2c(-c3cncc(Cn4ccnc4)c3)nc3cc(F)c(C#N)cc32)cc1. The zero-order valence-electron chi connectivity index (χ0n) is 19.7. The van der Waals surface area contributed by atoms with Gasteiger partial charge in [-0.25, -0.2) is 14.4 Å². The number of aromatic nitrogens is 5. The van der Waals surface area contributed by atoms with Gasteiger partial charge in [-0.15, -0.1) is 0 Å². The maximum absolute atomic E-state index is 14.4. The van der Waals surface area contributed by atoms with Gasteiger partial charge >= 0.3 is 0 Å². The lowest BCUT2D eigenvalue weighted by Gasteiger charge is -2.11. The van der Waals surface area contributed by atoms with Crippen LogP contribution in [0.15, 0.2) is 78.5 Å². The van der Waals surface area contributed by atoms with E-state index >= 15 is 0 Å². The maximum atomic E-state index is 14.4. The summed E-state index contributed by atoms with van der Waals surface area (Å²) in [5.74, 6) is -0.239. The van der Waals surface area contributed by atoms with Crippen molar-refractivity contribution >= 4 is 21.2 Å². The van der Waals surface area contributed by atoms with Crippen molar-refractivity contribution in [2.45, 2.75) is 24.9 Å². The molecule has 0 amide bonds. The Morgan fingerprint density at radius 1 is 1.11 bits per heavy atom. The van der Waals surface area contributed by atoms with Crippen LogP contribution < -0.4 is 0 Å². The number of benzene rings is 2. The Hall–Kier alpha value is -4.40. The molecule has 0 unspecified atom stereocenters. The molecule has 0 aliphatic heterocycles. The highest BCUT2D eigenvalue weighted by atomic mass is 32.2. The zero-order valence-corrected chi connectivity index (χ0v) is 20.6. The molecule has 0 fully saturated rings. The fraction of sp³-hybridized carbons (Fsp3) is 0.154. The second-order valence-corrected chi connectivity index (χ2v) is 10.0. The monoisotopic (exact) mass is 516 g/mol. The van der Waals surface area contributed by atoms with Gasteiger partial charge in [0.05, 0.1) is 41.0 Å². The summed E-state index contributed by atoms with van der Waals surface area (Å²) in [6.07, 6.45) is 8.56. The molecule has 37 heavy (non-hydrogen) atoms. The van der Waals surface area contributed by atoms with Gasteiger partial charge in [0.15, 0.2) is 0 Å². The van der Waals surface area contributed by atoms with Gasteiger partial charge in [0, 0.05) is 43.0 Å². The number of hydrogen-bond acceptors (Lipinski definition) is 7. The van der Waals surface area contributed by atoms with Crippen molar-refractivity contribution in [1.29, 1.82) is 5.26 Å². The summed E-state index contributed by atoms with van der Waals surface area (Å²) in [5.41, 5.74) is 3.13. The van der Waals surface area contributed by atoms with Crippen LogP contribution in [-0.4, -0.2) is 39.1 Å². The lowest BCUT2D eigenvalue weighted by Crippen LogP contribution is -2.13. The number of rotatable bonds is 8. The summed E-state index contributed by atoms with van der Waals surface area (Å²) < 4.78 is 48.6. The predicted molar refractivity (Wildman–Crippen MR) is 133 cm³/mol. The van der Waals surface area contributed by atoms with Crippen LogP contribution in [0.1, 0.15) is 16.7 Å². The fourth-order valence-electron chi connectivity index (χ4n) is 3.98. The van der Waals surface area contributed by atoms with E-state index in [1.807, 2.05) is 29.8 Å². The van der Waals surface area contributed by atoms with Crippen LogP contribution in [0.3, 0.4) is 0 Å². The summed E-state index contributed by atoms with van der Waals surface area (Å²) in [6, 6.07) is 12.7. The van der Waals surface area contributed by atoms with Gasteiger partial charge in [-0.3, -0.25) is 9.17 Å². The summed E-state index contributed by atoms with van der Waals surface area (Å²) in [7, 11) is -3.98. The molecule has 0 radical (unpaired) electrons. The van der Waals surface area contributed by atoms with E-state index in [0.717, 1.165) is 11.1 Å². The molecule has 0 saturated carbocycles. The Bertz CT molecular complexity index is 1720. The van der Waals surface area contributed by atoms with Crippen LogP contribution in [0.5, 0.6) is 0 Å². The van der Waals surface area contributed by atoms with E-state index in [0.29, 0.717) is 29.0 Å². The first-order chi connectivity index (χ1) is 17.8. The molecular weight excluding hydrogens is 495 g/mol. The van der Waals surface area contributed by atoms with Crippen molar-refractivity contribution in [3.63, 3.8) is 0 Å². The van der Waals surface area contributed by atoms with Crippen molar-refractivity contribution in [1.82, 2.24) is 24.1 Å². The number of hydrogen-bond donors (Lipinski definition) is 0. The van der Waals surface area contributed by atoms with Gasteiger partial charge in [0.1, 0.15) is 17.7 Å². The van der Waals surface area contributed by atoms with Crippen LogP contribution in [0.2, 0.25) is 0 Å². The minimum atomic E-state index is -3.98. The molecule has 0 spiro atoms. The largest absolute Gasteiger partial charge is 0.333 e. The molecule has 3 aromatic heterocycles. The van der Waals surface area contributed by atoms with Crippen LogP contribution in [0.4, 0.5) is 4.39 Å². The molecule has 9 nitrogen and oxygen atoms in total. The lowest BCUT2D eigenvalue weighted by molar-refractivity contribution is 0.303. The normalized spacial score (nSPS) is 11.6. The Labute approximate surface area is 212 Å². The van der Waals surface area contributed by atoms with Crippen molar-refractivity contribution < 1.29 is 17.0 Å². The Morgan fingerprint density at radius 3 is 2.65 bits per heavy atom. The molecule has 0 saturated heterocycles. The maximum Gasteiger partial charge on any atom is 0.297 e. The van der Waals surface area contributed by atoms with E-state index in [4.69, 9.17) is 4.18 Å². The van der Waals surface area contributed by atoms with E-state index in [9.17, 15) is 18.1 Å². The number of halogens is 1. The second kappa shape index (κ2) is 9.93. The first-order valence-corrected chi connectivity index (χ1v) is 12.7. The standard InChI is InChI=1S/C26H21FN6O3S/c1-18-2-4-22(5-3-18)37(34,35)36-9-8-33-25-11-20(13-28)23(27)12-24(25)31-26(33)21-10-19(14-30-15-21)16-32-7-6-29-17-32/h2-7,10-12,14-15,17H,8-9,16H2,1H3. The quantitative estimate of drug-likeness (QED) is 0.286. The van der Waals surface area contributed by atoms with Crippen LogP contribution in [0.25, 0.3) is 22.4 Å². The van der Waals surface area contributed by atoms with Crippen molar-refractivity contribution in [3.05, 3.63) is 96.1 Å². The highest BCUT2D eigenvalue weighted by molar-refractivity contribution is 7.86. The molecule has 3 heterocycles. The molecule has 0 aliphatic rings. The summed E-state index contributed by atoms with van der Waals surface area (Å²) in [4.78, 5) is 13.0. The summed E-state index contributed by atoms with van der Waals surface area (Å²) in [6.45, 7) is 2.28. The molecule has 5 aromatic rings.